The number of rotatable bonds is 9. The summed E-state index contributed by atoms with van der Waals surface area (Å²) in [5.41, 5.74) is 2.51. The smallest absolute Gasteiger partial charge is 0.264 e. The Hall–Kier alpha value is -4.10. The van der Waals surface area contributed by atoms with Crippen molar-refractivity contribution >= 4 is 28.8 Å². The lowest BCUT2D eigenvalue weighted by Gasteiger charge is -2.28. The molecular formula is C31H36F2N6O2. The first-order valence-electron chi connectivity index (χ1n) is 13.7. The van der Waals surface area contributed by atoms with Crippen molar-refractivity contribution in [3.05, 3.63) is 71.3 Å². The first kappa shape index (κ1) is 29.9. The number of hydrogen-bond acceptors (Lipinski definition) is 5. The van der Waals surface area contributed by atoms with E-state index in [0.29, 0.717) is 25.2 Å². The Bertz CT molecular complexity index is 1480. The van der Waals surface area contributed by atoms with Gasteiger partial charge in [-0.05, 0) is 55.0 Å². The molecule has 2 atom stereocenters. The quantitative estimate of drug-likeness (QED) is 0.253. The maximum Gasteiger partial charge on any atom is 0.264 e. The molecule has 0 radical (unpaired) electrons. The number of benzene rings is 2. The van der Waals surface area contributed by atoms with Gasteiger partial charge >= 0.3 is 0 Å². The van der Waals surface area contributed by atoms with Crippen LogP contribution in [-0.2, 0) is 17.9 Å². The molecule has 2 aromatic carbocycles. The number of nitrogens with one attached hydrogen (secondary N) is 2. The first-order valence-corrected chi connectivity index (χ1v) is 13.7. The second kappa shape index (κ2) is 12.2. The summed E-state index contributed by atoms with van der Waals surface area (Å²) in [7, 11) is 0. The average molecular weight is 563 g/mol. The van der Waals surface area contributed by atoms with E-state index >= 15 is 0 Å². The highest BCUT2D eigenvalue weighted by Crippen LogP contribution is 2.28. The minimum absolute atomic E-state index is 0.0953. The Balaban J connectivity index is 1.65. The molecule has 1 aromatic heterocycles. The summed E-state index contributed by atoms with van der Waals surface area (Å²) in [5.74, 6) is -0.597. The van der Waals surface area contributed by atoms with Gasteiger partial charge in [0.1, 0.15) is 11.6 Å². The van der Waals surface area contributed by atoms with Gasteiger partial charge in [-0.2, -0.15) is 5.26 Å². The maximum absolute atomic E-state index is 13.1. The molecule has 1 saturated heterocycles. The molecule has 0 bridgehead atoms. The molecular weight excluding hydrogens is 526 g/mol. The van der Waals surface area contributed by atoms with Crippen molar-refractivity contribution in [3.63, 3.8) is 0 Å². The van der Waals surface area contributed by atoms with Crippen LogP contribution < -0.4 is 10.6 Å². The number of carbonyl (C=O) groups excluding carboxylic acids is 2. The van der Waals surface area contributed by atoms with E-state index in [2.05, 4.69) is 44.9 Å². The lowest BCUT2D eigenvalue weighted by Crippen LogP contribution is -2.38. The number of imidazole rings is 1. The van der Waals surface area contributed by atoms with Gasteiger partial charge in [-0.3, -0.25) is 14.9 Å². The highest BCUT2D eigenvalue weighted by molar-refractivity contribution is 6.04. The van der Waals surface area contributed by atoms with E-state index in [0.717, 1.165) is 23.9 Å². The van der Waals surface area contributed by atoms with E-state index in [1.165, 1.54) is 24.3 Å². The van der Waals surface area contributed by atoms with Crippen LogP contribution in [0.5, 0.6) is 0 Å². The number of alkyl halides is 2. The van der Waals surface area contributed by atoms with Crippen LogP contribution in [0, 0.1) is 16.7 Å². The van der Waals surface area contributed by atoms with Crippen LogP contribution in [0.25, 0.3) is 11.0 Å². The molecule has 2 N–H and O–H groups in total. The molecule has 0 aliphatic carbocycles. The Morgan fingerprint density at radius 3 is 2.54 bits per heavy atom. The van der Waals surface area contributed by atoms with Crippen molar-refractivity contribution in [3.8, 4) is 6.07 Å². The largest absolute Gasteiger partial charge is 0.333 e. The van der Waals surface area contributed by atoms with Crippen LogP contribution in [-0.4, -0.2) is 44.9 Å². The summed E-state index contributed by atoms with van der Waals surface area (Å²) in [6, 6.07) is 13.0. The molecule has 1 unspecified atom stereocenters. The molecule has 10 heteroatoms. The normalized spacial score (nSPS) is 16.1. The molecule has 0 saturated carbocycles. The summed E-state index contributed by atoms with van der Waals surface area (Å²) in [4.78, 5) is 32.3. The zero-order chi connectivity index (χ0) is 29.9. The van der Waals surface area contributed by atoms with Crippen LogP contribution in [0.4, 0.5) is 14.7 Å². The van der Waals surface area contributed by atoms with Crippen molar-refractivity contribution in [2.24, 2.45) is 5.41 Å². The highest BCUT2D eigenvalue weighted by Gasteiger charge is 2.31. The molecule has 2 amide bonds. The van der Waals surface area contributed by atoms with Gasteiger partial charge < -0.3 is 14.8 Å². The minimum atomic E-state index is -2.62. The molecule has 216 valence electrons. The van der Waals surface area contributed by atoms with Crippen molar-refractivity contribution in [1.82, 2.24) is 19.8 Å². The van der Waals surface area contributed by atoms with E-state index in [-0.39, 0.29) is 40.1 Å². The number of anilines is 1. The predicted octanol–water partition coefficient (Wildman–Crippen LogP) is 5.82. The topological polar surface area (TPSA) is 103 Å². The number of aromatic nitrogens is 2. The second-order valence-corrected chi connectivity index (χ2v) is 11.6. The first-order chi connectivity index (χ1) is 19.4. The molecule has 1 fully saturated rings. The van der Waals surface area contributed by atoms with Gasteiger partial charge in [-0.15, -0.1) is 0 Å². The number of nitriles is 1. The molecule has 8 nitrogen and oxygen atoms in total. The summed E-state index contributed by atoms with van der Waals surface area (Å²) in [5, 5.41) is 15.6. The van der Waals surface area contributed by atoms with Crippen LogP contribution in [0.2, 0.25) is 0 Å². The SMILES string of the molecule is C=C(C#N)C(=O)N1CCCC1Cn1c(NC(=O)c2ccc(C(F)F)cc2)nc2cc(CN[C@@H](C)C(C)(C)C)ccc21. The average Bonchev–Trinajstić information content (AvgIpc) is 3.54. The number of carbonyl (C=O) groups is 2. The van der Waals surface area contributed by atoms with E-state index in [4.69, 9.17) is 4.98 Å². The maximum atomic E-state index is 13.1. The lowest BCUT2D eigenvalue weighted by atomic mass is 9.88. The fourth-order valence-electron chi connectivity index (χ4n) is 4.82. The van der Waals surface area contributed by atoms with E-state index in [9.17, 15) is 23.6 Å². The number of likely N-dealkylation sites (tertiary alicyclic amines) is 1. The molecule has 4 rings (SSSR count). The Labute approximate surface area is 239 Å². The number of amides is 2. The van der Waals surface area contributed by atoms with Crippen molar-refractivity contribution < 1.29 is 18.4 Å². The monoisotopic (exact) mass is 562 g/mol. The third kappa shape index (κ3) is 6.80. The fourth-order valence-corrected chi connectivity index (χ4v) is 4.82. The van der Waals surface area contributed by atoms with Gasteiger partial charge in [0.2, 0.25) is 5.95 Å². The zero-order valence-corrected chi connectivity index (χ0v) is 23.9. The Morgan fingerprint density at radius 1 is 1.20 bits per heavy atom. The third-order valence-electron chi connectivity index (χ3n) is 7.80. The second-order valence-electron chi connectivity index (χ2n) is 11.6. The van der Waals surface area contributed by atoms with Crippen LogP contribution >= 0.6 is 0 Å². The molecule has 41 heavy (non-hydrogen) atoms. The van der Waals surface area contributed by atoms with Crippen LogP contribution in [0.15, 0.2) is 54.6 Å². The minimum Gasteiger partial charge on any atom is -0.333 e. The molecule has 3 aromatic rings. The van der Waals surface area contributed by atoms with E-state index in [1.54, 1.807) is 4.90 Å². The molecule has 1 aliphatic heterocycles. The Kier molecular flexibility index (Phi) is 8.88. The third-order valence-corrected chi connectivity index (χ3v) is 7.80. The molecule has 0 spiro atoms. The van der Waals surface area contributed by atoms with Gasteiger partial charge in [0.25, 0.3) is 18.2 Å². The molecule has 2 heterocycles. The van der Waals surface area contributed by atoms with Gasteiger partial charge in [-0.25, -0.2) is 13.8 Å². The summed E-state index contributed by atoms with van der Waals surface area (Å²) in [6.07, 6.45) is -1.12. The predicted molar refractivity (Wildman–Crippen MR) is 154 cm³/mol. The number of hydrogen-bond donors (Lipinski definition) is 2. The summed E-state index contributed by atoms with van der Waals surface area (Å²) >= 11 is 0. The fraction of sp³-hybridized carbons (Fsp3) is 0.419. The summed E-state index contributed by atoms with van der Waals surface area (Å²) in [6.45, 7) is 13.7. The van der Waals surface area contributed by atoms with Crippen LogP contribution in [0.3, 0.4) is 0 Å². The van der Waals surface area contributed by atoms with E-state index in [1.807, 2.05) is 28.8 Å². The number of fused-ring (bicyclic) bond motifs is 1. The van der Waals surface area contributed by atoms with E-state index < -0.39 is 18.2 Å². The Morgan fingerprint density at radius 2 is 1.90 bits per heavy atom. The highest BCUT2D eigenvalue weighted by atomic mass is 19.3. The standard InChI is InChI=1S/C31H36F2N6O2/c1-19(16-34)29(41)38-14-6-7-24(38)18-39-26-13-8-21(17-35-20(2)31(3,4)5)15-25(26)36-30(39)37-28(40)23-11-9-22(10-12-23)27(32)33/h8-13,15,20,24,27,35H,1,6-7,14,17-18H2,2-5H3,(H,36,37,40)/t20-,24?/m0/s1. The lowest BCUT2D eigenvalue weighted by molar-refractivity contribution is -0.127. The number of nitrogens with zero attached hydrogens (tertiary/aromatic N) is 4. The van der Waals surface area contributed by atoms with Crippen molar-refractivity contribution in [2.75, 3.05) is 11.9 Å². The summed E-state index contributed by atoms with van der Waals surface area (Å²) < 4.78 is 27.8. The van der Waals surface area contributed by atoms with Crippen LogP contribution in [0.1, 0.15) is 68.4 Å². The van der Waals surface area contributed by atoms with Gasteiger partial charge in [-0.1, -0.05) is 45.5 Å². The number of halogens is 2. The van der Waals surface area contributed by atoms with Gasteiger partial charge in [0, 0.05) is 36.8 Å². The van der Waals surface area contributed by atoms with Gasteiger partial charge in [0.15, 0.2) is 0 Å². The zero-order valence-electron chi connectivity index (χ0n) is 23.9. The van der Waals surface area contributed by atoms with Gasteiger partial charge in [0.05, 0.1) is 17.1 Å². The van der Waals surface area contributed by atoms with Crippen molar-refractivity contribution in [2.45, 2.75) is 72.1 Å². The van der Waals surface area contributed by atoms with Crippen molar-refractivity contribution in [1.29, 1.82) is 5.26 Å². The molecule has 1 aliphatic rings.